The number of fused-ring (bicyclic) bond motifs is 3. The van der Waals surface area contributed by atoms with Gasteiger partial charge in [-0.25, -0.2) is 13.2 Å². The summed E-state index contributed by atoms with van der Waals surface area (Å²) < 4.78 is 34.2. The third-order valence-electron chi connectivity index (χ3n) is 7.13. The Morgan fingerprint density at radius 1 is 1.08 bits per heavy atom. The van der Waals surface area contributed by atoms with Crippen LogP contribution >= 0.6 is 0 Å². The van der Waals surface area contributed by atoms with E-state index >= 15 is 0 Å². The van der Waals surface area contributed by atoms with Crippen LogP contribution in [0, 0.1) is 5.92 Å². The highest BCUT2D eigenvalue weighted by Crippen LogP contribution is 2.37. The highest BCUT2D eigenvalue weighted by Gasteiger charge is 2.36. The average Bonchev–Trinajstić information content (AvgIpc) is 2.98. The zero-order valence-electron chi connectivity index (χ0n) is 22.1. The van der Waals surface area contributed by atoms with Crippen LogP contribution in [0.3, 0.4) is 0 Å². The maximum absolute atomic E-state index is 13.6. The van der Waals surface area contributed by atoms with Crippen molar-refractivity contribution in [2.75, 3.05) is 18.4 Å². The Morgan fingerprint density at radius 2 is 1.84 bits per heavy atom. The normalized spacial score (nSPS) is 20.2. The second kappa shape index (κ2) is 12.5. The number of alkyl carbamates (subject to hydrolysis) is 1. The molecular weight excluding hydrogens is 502 g/mol. The molecule has 0 aromatic heterocycles. The number of hydrogen-bond donors (Lipinski definition) is 2. The number of anilines is 1. The molecule has 4 rings (SSSR count). The minimum atomic E-state index is -3.60. The summed E-state index contributed by atoms with van der Waals surface area (Å²) in [6.07, 6.45) is 6.44. The van der Waals surface area contributed by atoms with E-state index in [2.05, 4.69) is 10.6 Å². The fourth-order valence-corrected chi connectivity index (χ4v) is 7.19. The summed E-state index contributed by atoms with van der Waals surface area (Å²) in [5, 5.41) is 7.13. The minimum absolute atomic E-state index is 0. The topological polar surface area (TPSA) is 105 Å². The van der Waals surface area contributed by atoms with Crippen molar-refractivity contribution in [1.29, 1.82) is 0 Å². The smallest absolute Gasteiger partial charge is 0.407 e. The van der Waals surface area contributed by atoms with Gasteiger partial charge >= 0.3 is 6.09 Å². The molecule has 1 saturated carbocycles. The number of hydrogen-bond acceptors (Lipinski definition) is 5. The second-order valence-electron chi connectivity index (χ2n) is 11.2. The lowest BCUT2D eigenvalue weighted by Crippen LogP contribution is -2.41. The van der Waals surface area contributed by atoms with E-state index < -0.39 is 21.7 Å². The molecule has 8 nitrogen and oxygen atoms in total. The van der Waals surface area contributed by atoms with Crippen LogP contribution in [-0.4, -0.2) is 49.5 Å². The first-order chi connectivity index (χ1) is 17.5. The molecule has 38 heavy (non-hydrogen) atoms. The maximum Gasteiger partial charge on any atom is 0.407 e. The Labute approximate surface area is 227 Å². The molecule has 2 bridgehead atoms. The molecule has 0 spiro atoms. The molecule has 210 valence electrons. The summed E-state index contributed by atoms with van der Waals surface area (Å²) >= 11 is 0. The fraction of sp³-hybridized carbons (Fsp3) is 0.586. The molecule has 2 N–H and O–H groups in total. The van der Waals surface area contributed by atoms with Gasteiger partial charge < -0.3 is 15.4 Å². The molecule has 2 atom stereocenters. The van der Waals surface area contributed by atoms with Crippen molar-refractivity contribution in [3.05, 3.63) is 36.4 Å². The number of rotatable bonds is 7. The Hall–Kier alpha value is -2.65. The molecule has 2 aromatic rings. The highest BCUT2D eigenvalue weighted by atomic mass is 32.2. The van der Waals surface area contributed by atoms with Crippen LogP contribution in [0.5, 0.6) is 0 Å². The van der Waals surface area contributed by atoms with Gasteiger partial charge in [-0.2, -0.15) is 4.31 Å². The lowest BCUT2D eigenvalue weighted by molar-refractivity contribution is -0.116. The average molecular weight is 546 g/mol. The summed E-state index contributed by atoms with van der Waals surface area (Å²) in [5.74, 6) is 0.474. The number of nitrogens with one attached hydrogen (secondary N) is 2. The molecule has 2 amide bonds. The van der Waals surface area contributed by atoms with Gasteiger partial charge in [-0.05, 0) is 82.4 Å². The van der Waals surface area contributed by atoms with Gasteiger partial charge in [0.15, 0.2) is 0 Å². The molecule has 1 aliphatic carbocycles. The first-order valence-corrected chi connectivity index (χ1v) is 14.8. The standard InChI is InChI=1S/C28H39N3O5S.CH4/c1-28(2,3)36-27(33)29-16-6-13-26(32)30-25-12-5-10-21-19-23(14-15-24(21)25)37(34,35)31-17-7-9-20-8-4-11-22(31)18-20;/h5,10,12,14-15,19-20,22H,4,6-9,11,13,16-18H2,1-3H3,(H,29,33)(H,30,32);1H4. The van der Waals surface area contributed by atoms with Crippen LogP contribution < -0.4 is 10.6 Å². The molecule has 2 fully saturated rings. The monoisotopic (exact) mass is 545 g/mol. The fourth-order valence-electron chi connectivity index (χ4n) is 5.45. The predicted octanol–water partition coefficient (Wildman–Crippen LogP) is 6.06. The van der Waals surface area contributed by atoms with E-state index in [-0.39, 0.29) is 25.8 Å². The van der Waals surface area contributed by atoms with E-state index in [0.29, 0.717) is 36.0 Å². The van der Waals surface area contributed by atoms with E-state index in [1.807, 2.05) is 18.2 Å². The van der Waals surface area contributed by atoms with E-state index in [1.165, 1.54) is 6.42 Å². The summed E-state index contributed by atoms with van der Waals surface area (Å²) in [6.45, 7) is 6.30. The molecule has 1 saturated heterocycles. The SMILES string of the molecule is C.CC(C)(C)OC(=O)NCCCC(=O)Nc1cccc2cc(S(=O)(=O)N3CCCC4CCCC3C4)ccc12. The maximum atomic E-state index is 13.6. The summed E-state index contributed by atoms with van der Waals surface area (Å²) in [5.41, 5.74) is 0.0672. The Kier molecular flexibility index (Phi) is 9.81. The van der Waals surface area contributed by atoms with Gasteiger partial charge in [0.25, 0.3) is 0 Å². The molecule has 1 heterocycles. The van der Waals surface area contributed by atoms with Crippen molar-refractivity contribution >= 4 is 38.5 Å². The van der Waals surface area contributed by atoms with E-state index in [0.717, 1.165) is 42.9 Å². The molecule has 1 aliphatic heterocycles. The number of nitrogens with zero attached hydrogens (tertiary/aromatic N) is 1. The van der Waals surface area contributed by atoms with Crippen molar-refractivity contribution in [1.82, 2.24) is 9.62 Å². The largest absolute Gasteiger partial charge is 0.444 e. The number of amides is 2. The second-order valence-corrected chi connectivity index (χ2v) is 13.1. The number of carbonyl (C=O) groups is 2. The Balaban J connectivity index is 0.00000400. The minimum Gasteiger partial charge on any atom is -0.444 e. The molecule has 0 radical (unpaired) electrons. The van der Waals surface area contributed by atoms with Gasteiger partial charge in [0.2, 0.25) is 15.9 Å². The summed E-state index contributed by atoms with van der Waals surface area (Å²) in [4.78, 5) is 24.6. The van der Waals surface area contributed by atoms with Crippen molar-refractivity contribution in [3.63, 3.8) is 0 Å². The number of benzene rings is 2. The zero-order valence-corrected chi connectivity index (χ0v) is 22.9. The van der Waals surface area contributed by atoms with Crippen LogP contribution in [0.15, 0.2) is 41.3 Å². The van der Waals surface area contributed by atoms with Gasteiger partial charge in [-0.15, -0.1) is 0 Å². The van der Waals surface area contributed by atoms with Crippen LogP contribution in [0.4, 0.5) is 10.5 Å². The summed E-state index contributed by atoms with van der Waals surface area (Å²) in [7, 11) is -3.60. The molecule has 2 unspecified atom stereocenters. The number of ether oxygens (including phenoxy) is 1. The first kappa shape index (κ1) is 29.9. The van der Waals surface area contributed by atoms with Crippen LogP contribution in [-0.2, 0) is 19.6 Å². The van der Waals surface area contributed by atoms with Gasteiger partial charge in [-0.1, -0.05) is 38.5 Å². The lowest BCUT2D eigenvalue weighted by Gasteiger charge is -2.33. The van der Waals surface area contributed by atoms with Gasteiger partial charge in [0.05, 0.1) is 4.90 Å². The van der Waals surface area contributed by atoms with Gasteiger partial charge in [-0.3, -0.25) is 4.79 Å². The Morgan fingerprint density at radius 3 is 2.61 bits per heavy atom. The Bertz CT molecular complexity index is 1240. The van der Waals surface area contributed by atoms with Crippen molar-refractivity contribution < 1.29 is 22.7 Å². The zero-order chi connectivity index (χ0) is 26.6. The molecule has 2 aromatic carbocycles. The van der Waals surface area contributed by atoms with Gasteiger partial charge in [0.1, 0.15) is 5.60 Å². The molecule has 2 aliphatic rings. The van der Waals surface area contributed by atoms with Crippen molar-refractivity contribution in [2.45, 2.75) is 96.1 Å². The van der Waals surface area contributed by atoms with E-state index in [1.54, 1.807) is 43.3 Å². The number of sulfonamides is 1. The van der Waals surface area contributed by atoms with Crippen molar-refractivity contribution in [2.24, 2.45) is 5.92 Å². The first-order valence-electron chi connectivity index (χ1n) is 13.3. The predicted molar refractivity (Wildman–Crippen MR) is 152 cm³/mol. The van der Waals surface area contributed by atoms with E-state index in [9.17, 15) is 18.0 Å². The quantitative estimate of drug-likeness (QED) is 0.411. The van der Waals surface area contributed by atoms with Crippen molar-refractivity contribution in [3.8, 4) is 0 Å². The van der Waals surface area contributed by atoms with Crippen LogP contribution in [0.2, 0.25) is 0 Å². The summed E-state index contributed by atoms with van der Waals surface area (Å²) in [6, 6.07) is 10.7. The van der Waals surface area contributed by atoms with E-state index in [4.69, 9.17) is 4.74 Å². The highest BCUT2D eigenvalue weighted by molar-refractivity contribution is 7.89. The van der Waals surface area contributed by atoms with Crippen LogP contribution in [0.25, 0.3) is 10.8 Å². The lowest BCUT2D eigenvalue weighted by atomic mass is 9.84. The third kappa shape index (κ3) is 7.47. The van der Waals surface area contributed by atoms with Crippen LogP contribution in [0.1, 0.15) is 79.6 Å². The number of carbonyl (C=O) groups excluding carboxylic acids is 2. The molecule has 9 heteroatoms. The molecular formula is C29H43N3O5S. The van der Waals surface area contributed by atoms with Gasteiger partial charge in [0, 0.05) is 36.6 Å². The third-order valence-corrected chi connectivity index (χ3v) is 9.08.